The number of aromatic hydroxyl groups is 1. The number of rotatable bonds is 6. The molecule has 0 fully saturated rings. The lowest BCUT2D eigenvalue weighted by molar-refractivity contribution is -0.148. The van der Waals surface area contributed by atoms with E-state index in [1.165, 1.54) is 4.90 Å². The fourth-order valence-corrected chi connectivity index (χ4v) is 6.53. The summed E-state index contributed by atoms with van der Waals surface area (Å²) in [5.74, 6) is -6.99. The lowest BCUT2D eigenvalue weighted by Crippen LogP contribution is -2.63. The number of amides is 2. The maximum Gasteiger partial charge on any atom is 0.412 e. The van der Waals surface area contributed by atoms with E-state index < -0.39 is 69.9 Å². The summed E-state index contributed by atoms with van der Waals surface area (Å²) in [5, 5.41) is 50.8. The number of Topliss-reactive ketones (excluding diaryl/α,β-unsaturated/α-hetero) is 2. The van der Waals surface area contributed by atoms with Gasteiger partial charge in [0.15, 0.2) is 11.4 Å². The van der Waals surface area contributed by atoms with Crippen molar-refractivity contribution in [3.8, 4) is 11.5 Å². The summed E-state index contributed by atoms with van der Waals surface area (Å²) >= 11 is 0. The smallest absolute Gasteiger partial charge is 0.412 e. The summed E-state index contributed by atoms with van der Waals surface area (Å²) < 4.78 is 5.21. The third kappa shape index (κ3) is 4.57. The number of ether oxygens (including phenoxy) is 1. The Morgan fingerprint density at radius 1 is 1.14 bits per heavy atom. The maximum absolute atomic E-state index is 14.0. The molecule has 4 atom stereocenters. The second kappa shape index (κ2) is 10.7. The zero-order valence-corrected chi connectivity index (χ0v) is 23.7. The van der Waals surface area contributed by atoms with E-state index in [2.05, 4.69) is 10.6 Å². The molecule has 3 aliphatic carbocycles. The van der Waals surface area contributed by atoms with Crippen molar-refractivity contribution in [2.24, 2.45) is 17.6 Å². The molecule has 5 rings (SSSR count). The molecule has 0 bridgehead atoms. The van der Waals surface area contributed by atoms with Crippen molar-refractivity contribution in [1.82, 2.24) is 10.2 Å². The van der Waals surface area contributed by atoms with Crippen LogP contribution in [0, 0.1) is 11.8 Å². The van der Waals surface area contributed by atoms with Gasteiger partial charge in [-0.25, -0.2) is 4.79 Å². The number of aliphatic hydroxyl groups excluding tert-OH is 2. The fraction of sp³-hybridized carbons (Fsp3) is 0.333. The number of nitrogens with one attached hydrogen (secondary N) is 2. The first-order valence-corrected chi connectivity index (χ1v) is 13.5. The Kier molecular flexibility index (Phi) is 7.40. The number of ketones is 2. The first-order chi connectivity index (χ1) is 20.3. The molecule has 2 aromatic carbocycles. The van der Waals surface area contributed by atoms with Gasteiger partial charge in [0, 0.05) is 36.3 Å². The highest BCUT2D eigenvalue weighted by atomic mass is 16.6. The van der Waals surface area contributed by atoms with Crippen LogP contribution in [-0.4, -0.2) is 81.7 Å². The molecule has 0 unspecified atom stereocenters. The van der Waals surface area contributed by atoms with Crippen molar-refractivity contribution in [3.63, 3.8) is 0 Å². The zero-order chi connectivity index (χ0) is 31.4. The minimum atomic E-state index is -2.73. The number of aliphatic hydroxyl groups is 3. The number of carbonyl (C=O) groups is 4. The van der Waals surface area contributed by atoms with Crippen LogP contribution in [0.1, 0.15) is 27.9 Å². The van der Waals surface area contributed by atoms with Crippen molar-refractivity contribution in [2.45, 2.75) is 31.0 Å². The Labute approximate surface area is 246 Å². The number of benzene rings is 2. The van der Waals surface area contributed by atoms with Gasteiger partial charge in [0.2, 0.25) is 5.78 Å². The molecule has 0 aromatic heterocycles. The van der Waals surface area contributed by atoms with Gasteiger partial charge in [0.25, 0.3) is 5.91 Å². The molecular weight excluding hydrogens is 560 g/mol. The number of carbonyl (C=O) groups excluding carboxylic acids is 4. The summed E-state index contributed by atoms with van der Waals surface area (Å²) in [6.45, 7) is -0.220. The standard InChI is InChI=1S/C30H32N4O9/c1-32-18-11-14(12-33-29(41)43-15-7-5-4-6-8-15)23(35)20-16(18)9-13-10-17-22(34(2)3)25(37)21(28(31)40)27(39)30(17,42)26(38)19(13)24(20)36/h4-8,11,13,17,22,32,35,37-38,42H,9-10,12H2,1-3H3,(H2,31,40)(H,33,41)/t13-,17-,22-,30-/m0/s1. The minimum absolute atomic E-state index is 0.0235. The number of hydrogen-bond acceptors (Lipinski definition) is 11. The predicted octanol–water partition coefficient (Wildman–Crippen LogP) is 1.45. The Bertz CT molecular complexity index is 1610. The Balaban J connectivity index is 1.55. The molecule has 0 spiro atoms. The molecule has 0 saturated carbocycles. The van der Waals surface area contributed by atoms with Gasteiger partial charge in [0.1, 0.15) is 28.6 Å². The van der Waals surface area contributed by atoms with E-state index in [0.29, 0.717) is 17.0 Å². The molecule has 226 valence electrons. The number of fused-ring (bicyclic) bond motifs is 3. The first kappa shape index (κ1) is 29.6. The molecular formula is C30H32N4O9. The Hall–Kier alpha value is -4.88. The van der Waals surface area contributed by atoms with E-state index in [-0.39, 0.29) is 36.1 Å². The Morgan fingerprint density at radius 3 is 2.42 bits per heavy atom. The lowest BCUT2D eigenvalue weighted by atomic mass is 9.58. The van der Waals surface area contributed by atoms with Crippen LogP contribution in [0.25, 0.3) is 0 Å². The summed E-state index contributed by atoms with van der Waals surface area (Å²) in [4.78, 5) is 53.4. The molecule has 2 amide bonds. The molecule has 0 aliphatic heterocycles. The highest BCUT2D eigenvalue weighted by molar-refractivity contribution is 6.25. The normalized spacial score (nSPS) is 24.7. The van der Waals surface area contributed by atoms with E-state index >= 15 is 0 Å². The third-order valence-corrected chi connectivity index (χ3v) is 8.45. The van der Waals surface area contributed by atoms with E-state index in [1.807, 2.05) is 0 Å². The van der Waals surface area contributed by atoms with Gasteiger partial charge in [-0.15, -0.1) is 0 Å². The monoisotopic (exact) mass is 592 g/mol. The number of phenolic OH excluding ortho intramolecular Hbond substituents is 1. The van der Waals surface area contributed by atoms with E-state index in [9.17, 15) is 39.6 Å². The van der Waals surface area contributed by atoms with E-state index in [4.69, 9.17) is 10.5 Å². The molecule has 0 saturated heterocycles. The average molecular weight is 593 g/mol. The second-order valence-corrected chi connectivity index (χ2v) is 11.1. The number of nitrogens with zero attached hydrogens (tertiary/aromatic N) is 1. The van der Waals surface area contributed by atoms with Crippen molar-refractivity contribution < 1.29 is 44.3 Å². The number of nitrogens with two attached hydrogens (primary N) is 1. The topological polar surface area (TPSA) is 212 Å². The van der Waals surface area contributed by atoms with E-state index in [0.717, 1.165) is 0 Å². The van der Waals surface area contributed by atoms with Crippen LogP contribution in [-0.2, 0) is 22.6 Å². The highest BCUT2D eigenvalue weighted by Gasteiger charge is 2.63. The predicted molar refractivity (Wildman–Crippen MR) is 153 cm³/mol. The first-order valence-electron chi connectivity index (χ1n) is 13.5. The van der Waals surface area contributed by atoms with Crippen molar-refractivity contribution in [3.05, 3.63) is 75.8 Å². The number of hydrogen-bond donors (Lipinski definition) is 7. The summed E-state index contributed by atoms with van der Waals surface area (Å²) in [6.07, 6.45) is -0.693. The van der Waals surface area contributed by atoms with E-state index in [1.54, 1.807) is 57.5 Å². The third-order valence-electron chi connectivity index (χ3n) is 8.45. The summed E-state index contributed by atoms with van der Waals surface area (Å²) in [5.41, 5.74) is 2.42. The van der Waals surface area contributed by atoms with Crippen molar-refractivity contribution >= 4 is 29.3 Å². The lowest BCUT2D eigenvalue weighted by Gasteiger charge is -2.50. The molecule has 8 N–H and O–H groups in total. The van der Waals surface area contributed by atoms with Crippen LogP contribution in [0.5, 0.6) is 11.5 Å². The number of likely N-dealkylation sites (N-methyl/N-ethyl adjacent to an activating group) is 1. The molecule has 43 heavy (non-hydrogen) atoms. The molecule has 13 heteroatoms. The summed E-state index contributed by atoms with van der Waals surface area (Å²) in [7, 11) is 4.75. The van der Waals surface area contributed by atoms with Crippen LogP contribution in [0.3, 0.4) is 0 Å². The van der Waals surface area contributed by atoms with Gasteiger partial charge in [0.05, 0.1) is 11.6 Å². The van der Waals surface area contributed by atoms with Gasteiger partial charge in [-0.3, -0.25) is 19.3 Å². The quantitative estimate of drug-likeness (QED) is 0.188. The van der Waals surface area contributed by atoms with Gasteiger partial charge >= 0.3 is 6.09 Å². The molecule has 13 nitrogen and oxygen atoms in total. The van der Waals surface area contributed by atoms with Crippen molar-refractivity contribution in [1.29, 1.82) is 0 Å². The summed E-state index contributed by atoms with van der Waals surface area (Å²) in [6, 6.07) is 8.84. The number of para-hydroxylation sites is 1. The number of anilines is 1. The van der Waals surface area contributed by atoms with Crippen LogP contribution in [0.4, 0.5) is 10.5 Å². The maximum atomic E-state index is 14.0. The molecule has 0 radical (unpaired) electrons. The van der Waals surface area contributed by atoms with Gasteiger partial charge < -0.3 is 41.5 Å². The minimum Gasteiger partial charge on any atom is -0.510 e. The second-order valence-electron chi connectivity index (χ2n) is 11.1. The zero-order valence-electron chi connectivity index (χ0n) is 23.7. The molecule has 2 aromatic rings. The SMILES string of the molecule is CNc1cc(CNC(=O)Oc2ccccc2)c(O)c2c1C[C@H]1C[C@H]3[C@H](N(C)C)C(O)=C(C(N)=O)C(=O)[C@@]3(O)C(O)=C1C2=O. The average Bonchev–Trinajstić information content (AvgIpc) is 2.94. The van der Waals surface area contributed by atoms with Gasteiger partial charge in [-0.1, -0.05) is 18.2 Å². The van der Waals surface area contributed by atoms with Gasteiger partial charge in [-0.05, 0) is 56.6 Å². The van der Waals surface area contributed by atoms with Crippen LogP contribution < -0.4 is 21.1 Å². The largest absolute Gasteiger partial charge is 0.510 e. The number of phenols is 1. The number of allylic oxidation sites excluding steroid dienone is 1. The Morgan fingerprint density at radius 2 is 1.81 bits per heavy atom. The highest BCUT2D eigenvalue weighted by Crippen LogP contribution is 2.53. The van der Waals surface area contributed by atoms with Gasteiger partial charge in [-0.2, -0.15) is 0 Å². The molecule has 0 heterocycles. The van der Waals surface area contributed by atoms with Crippen LogP contribution >= 0.6 is 0 Å². The van der Waals surface area contributed by atoms with Crippen LogP contribution in [0.15, 0.2) is 59.1 Å². The fourth-order valence-electron chi connectivity index (χ4n) is 6.53. The molecule has 3 aliphatic rings. The van der Waals surface area contributed by atoms with Crippen LogP contribution in [0.2, 0.25) is 0 Å². The number of primary amides is 1. The van der Waals surface area contributed by atoms with Crippen molar-refractivity contribution in [2.75, 3.05) is 26.5 Å².